The lowest BCUT2D eigenvalue weighted by Crippen LogP contribution is -2.27. The molecule has 1 aliphatic rings. The second-order valence-corrected chi connectivity index (χ2v) is 5.49. The lowest BCUT2D eigenvalue weighted by molar-refractivity contribution is 0.241. The van der Waals surface area contributed by atoms with Crippen molar-refractivity contribution in [3.05, 3.63) is 59.7 Å². The van der Waals surface area contributed by atoms with E-state index in [1.165, 1.54) is 11.1 Å². The van der Waals surface area contributed by atoms with Crippen molar-refractivity contribution in [3.8, 4) is 11.5 Å². The van der Waals surface area contributed by atoms with Gasteiger partial charge in [0, 0.05) is 30.8 Å². The van der Waals surface area contributed by atoms with Crippen LogP contribution in [0, 0.1) is 0 Å². The minimum atomic E-state index is 0.939. The number of rotatable bonds is 4. The van der Waals surface area contributed by atoms with Crippen LogP contribution in [0.3, 0.4) is 0 Å². The van der Waals surface area contributed by atoms with E-state index in [4.69, 9.17) is 4.74 Å². The molecule has 1 N–H and O–H groups in total. The first-order valence-electron chi connectivity index (χ1n) is 7.57. The largest absolute Gasteiger partial charge is 0.457 e. The Morgan fingerprint density at radius 1 is 0.952 bits per heavy atom. The standard InChI is InChI=1S/C18H22N2O/c1-19-11-6-12-20-13-15-7-2-4-9-17(15)21-18-10-5-3-8-16(18)14-20/h2-5,7-10,19H,6,11-14H2,1H3. The fourth-order valence-electron chi connectivity index (χ4n) is 2.76. The van der Waals surface area contributed by atoms with Crippen LogP contribution in [0.4, 0.5) is 0 Å². The van der Waals surface area contributed by atoms with Crippen LogP contribution in [0.25, 0.3) is 0 Å². The van der Waals surface area contributed by atoms with Gasteiger partial charge in [-0.25, -0.2) is 0 Å². The summed E-state index contributed by atoms with van der Waals surface area (Å²) in [5, 5.41) is 3.22. The molecule has 0 aliphatic carbocycles. The van der Waals surface area contributed by atoms with E-state index in [-0.39, 0.29) is 0 Å². The number of fused-ring (bicyclic) bond motifs is 2. The molecule has 0 unspecified atom stereocenters. The molecule has 1 heterocycles. The van der Waals surface area contributed by atoms with Crippen LogP contribution in [0.1, 0.15) is 17.5 Å². The van der Waals surface area contributed by atoms with Gasteiger partial charge in [-0.05, 0) is 32.1 Å². The molecule has 21 heavy (non-hydrogen) atoms. The maximum absolute atomic E-state index is 6.12. The first kappa shape index (κ1) is 14.1. The van der Waals surface area contributed by atoms with E-state index < -0.39 is 0 Å². The molecule has 0 bridgehead atoms. The van der Waals surface area contributed by atoms with Gasteiger partial charge in [-0.3, -0.25) is 4.90 Å². The van der Waals surface area contributed by atoms with Gasteiger partial charge in [0.15, 0.2) is 0 Å². The van der Waals surface area contributed by atoms with E-state index in [2.05, 4.69) is 46.6 Å². The lowest BCUT2D eigenvalue weighted by Gasteiger charge is -2.27. The van der Waals surface area contributed by atoms with Crippen LogP contribution < -0.4 is 10.1 Å². The van der Waals surface area contributed by atoms with Crippen molar-refractivity contribution in [1.82, 2.24) is 10.2 Å². The topological polar surface area (TPSA) is 24.5 Å². The second-order valence-electron chi connectivity index (χ2n) is 5.49. The number of para-hydroxylation sites is 2. The molecule has 3 nitrogen and oxygen atoms in total. The van der Waals surface area contributed by atoms with Gasteiger partial charge in [0.05, 0.1) is 0 Å². The van der Waals surface area contributed by atoms with Crippen molar-refractivity contribution in [1.29, 1.82) is 0 Å². The molecule has 3 heteroatoms. The molecule has 0 atom stereocenters. The zero-order valence-corrected chi connectivity index (χ0v) is 12.5. The Hall–Kier alpha value is -1.84. The first-order valence-corrected chi connectivity index (χ1v) is 7.57. The van der Waals surface area contributed by atoms with Gasteiger partial charge in [0.25, 0.3) is 0 Å². The molecule has 0 spiro atoms. The van der Waals surface area contributed by atoms with E-state index in [0.29, 0.717) is 0 Å². The second kappa shape index (κ2) is 6.74. The lowest BCUT2D eigenvalue weighted by atomic mass is 10.1. The van der Waals surface area contributed by atoms with Crippen LogP contribution in [0.5, 0.6) is 11.5 Å². The summed E-state index contributed by atoms with van der Waals surface area (Å²) in [6.45, 7) is 4.02. The fraction of sp³-hybridized carbons (Fsp3) is 0.333. The van der Waals surface area contributed by atoms with Gasteiger partial charge in [-0.1, -0.05) is 36.4 Å². The summed E-state index contributed by atoms with van der Waals surface area (Å²) in [4.78, 5) is 2.50. The van der Waals surface area contributed by atoms with Gasteiger partial charge >= 0.3 is 0 Å². The third kappa shape index (κ3) is 3.43. The minimum absolute atomic E-state index is 0.939. The maximum Gasteiger partial charge on any atom is 0.131 e. The van der Waals surface area contributed by atoms with Crippen LogP contribution in [0.15, 0.2) is 48.5 Å². The monoisotopic (exact) mass is 282 g/mol. The molecule has 3 rings (SSSR count). The van der Waals surface area contributed by atoms with Crippen LogP contribution in [-0.4, -0.2) is 25.0 Å². The van der Waals surface area contributed by atoms with Gasteiger partial charge in [0.1, 0.15) is 11.5 Å². The smallest absolute Gasteiger partial charge is 0.131 e. The molecule has 0 radical (unpaired) electrons. The fourth-order valence-corrected chi connectivity index (χ4v) is 2.76. The summed E-state index contributed by atoms with van der Waals surface area (Å²) in [6, 6.07) is 16.7. The summed E-state index contributed by atoms with van der Waals surface area (Å²) in [5.74, 6) is 1.95. The normalized spacial score (nSPS) is 14.5. The quantitative estimate of drug-likeness (QED) is 0.870. The predicted octanol–water partition coefficient (Wildman–Crippen LogP) is 3.40. The summed E-state index contributed by atoms with van der Waals surface area (Å²) in [6.07, 6.45) is 1.15. The summed E-state index contributed by atoms with van der Waals surface area (Å²) < 4.78 is 6.12. The zero-order valence-electron chi connectivity index (χ0n) is 12.5. The summed E-state index contributed by atoms with van der Waals surface area (Å²) in [7, 11) is 2.01. The molecular weight excluding hydrogens is 260 g/mol. The van der Waals surface area contributed by atoms with Crippen LogP contribution in [0.2, 0.25) is 0 Å². The molecular formula is C18H22N2O. The number of hydrogen-bond donors (Lipinski definition) is 1. The van der Waals surface area contributed by atoms with Crippen LogP contribution >= 0.6 is 0 Å². The third-order valence-corrected chi connectivity index (χ3v) is 3.85. The highest BCUT2D eigenvalue weighted by molar-refractivity contribution is 5.42. The van der Waals surface area contributed by atoms with Crippen molar-refractivity contribution < 1.29 is 4.74 Å². The molecule has 110 valence electrons. The molecule has 0 saturated heterocycles. The molecule has 2 aromatic rings. The van der Waals surface area contributed by atoms with Gasteiger partial charge < -0.3 is 10.1 Å². The van der Waals surface area contributed by atoms with E-state index >= 15 is 0 Å². The Bertz CT molecular complexity index is 550. The Morgan fingerprint density at radius 3 is 2.10 bits per heavy atom. The molecule has 1 aliphatic heterocycles. The molecule has 0 fully saturated rings. The number of nitrogens with zero attached hydrogens (tertiary/aromatic N) is 1. The predicted molar refractivity (Wildman–Crippen MR) is 85.6 cm³/mol. The Morgan fingerprint density at radius 2 is 1.52 bits per heavy atom. The molecule has 0 aromatic heterocycles. The summed E-state index contributed by atoms with van der Waals surface area (Å²) >= 11 is 0. The highest BCUT2D eigenvalue weighted by Crippen LogP contribution is 2.32. The average molecular weight is 282 g/mol. The molecule has 2 aromatic carbocycles. The number of nitrogens with one attached hydrogen (secondary N) is 1. The zero-order chi connectivity index (χ0) is 14.5. The molecule has 0 saturated carbocycles. The highest BCUT2D eigenvalue weighted by Gasteiger charge is 2.17. The van der Waals surface area contributed by atoms with Crippen molar-refractivity contribution in [3.63, 3.8) is 0 Å². The van der Waals surface area contributed by atoms with E-state index in [9.17, 15) is 0 Å². The number of ether oxygens (including phenoxy) is 1. The van der Waals surface area contributed by atoms with E-state index in [0.717, 1.165) is 44.1 Å². The van der Waals surface area contributed by atoms with Crippen molar-refractivity contribution in [2.24, 2.45) is 0 Å². The van der Waals surface area contributed by atoms with Crippen LogP contribution in [-0.2, 0) is 13.1 Å². The Labute approximate surface area is 126 Å². The van der Waals surface area contributed by atoms with E-state index in [1.807, 2.05) is 19.2 Å². The first-order chi connectivity index (χ1) is 10.4. The van der Waals surface area contributed by atoms with Crippen molar-refractivity contribution in [2.75, 3.05) is 20.1 Å². The third-order valence-electron chi connectivity index (χ3n) is 3.85. The summed E-state index contributed by atoms with van der Waals surface area (Å²) in [5.41, 5.74) is 2.52. The Kier molecular flexibility index (Phi) is 4.53. The van der Waals surface area contributed by atoms with Gasteiger partial charge in [-0.15, -0.1) is 0 Å². The van der Waals surface area contributed by atoms with Crippen molar-refractivity contribution in [2.45, 2.75) is 19.5 Å². The highest BCUT2D eigenvalue weighted by atomic mass is 16.5. The maximum atomic E-state index is 6.12. The SMILES string of the molecule is CNCCCN1Cc2ccccc2Oc2ccccc2C1. The molecule has 0 amide bonds. The van der Waals surface area contributed by atoms with Crippen molar-refractivity contribution >= 4 is 0 Å². The number of benzene rings is 2. The minimum Gasteiger partial charge on any atom is -0.457 e. The van der Waals surface area contributed by atoms with Gasteiger partial charge in [0.2, 0.25) is 0 Å². The Balaban J connectivity index is 1.88. The number of hydrogen-bond acceptors (Lipinski definition) is 3. The van der Waals surface area contributed by atoms with Gasteiger partial charge in [-0.2, -0.15) is 0 Å². The average Bonchev–Trinajstić information content (AvgIpc) is 2.49. The van der Waals surface area contributed by atoms with E-state index in [1.54, 1.807) is 0 Å².